The molecule has 7 aromatic rings. The van der Waals surface area contributed by atoms with Gasteiger partial charge in [-0.15, -0.1) is 5.73 Å². The van der Waals surface area contributed by atoms with Crippen molar-refractivity contribution in [2.24, 2.45) is 4.99 Å². The number of aliphatic imine (C=N–C) groups is 1. The molecule has 2 heterocycles. The molecule has 0 spiro atoms. The summed E-state index contributed by atoms with van der Waals surface area (Å²) in [5.41, 5.74) is 16.8. The molecule has 52 heavy (non-hydrogen) atoms. The number of fused-ring (bicyclic) bond motifs is 3. The minimum absolute atomic E-state index is 0.741. The van der Waals surface area contributed by atoms with E-state index in [-0.39, 0.29) is 0 Å². The molecule has 0 N–H and O–H groups in total. The zero-order valence-electron chi connectivity index (χ0n) is 29.2. The van der Waals surface area contributed by atoms with Crippen molar-refractivity contribution in [3.05, 3.63) is 180 Å². The topological polar surface area (TPSA) is 47.6 Å². The summed E-state index contributed by atoms with van der Waals surface area (Å²) in [6.45, 7) is 4.10. The Morgan fingerprint density at radius 3 is 2.48 bits per heavy atom. The number of furan rings is 1. The summed E-state index contributed by atoms with van der Waals surface area (Å²) in [7, 11) is 1.76. The van der Waals surface area contributed by atoms with Gasteiger partial charge in [0.15, 0.2) is 0 Å². The van der Waals surface area contributed by atoms with E-state index >= 15 is 0 Å². The maximum absolute atomic E-state index is 6.55. The van der Waals surface area contributed by atoms with E-state index in [1.165, 1.54) is 11.1 Å². The Balaban J connectivity index is 1.25. The molecule has 252 valence electrons. The molecule has 2 aromatic heterocycles. The van der Waals surface area contributed by atoms with Gasteiger partial charge in [-0.3, -0.25) is 9.98 Å². The molecular weight excluding hydrogens is 637 g/mol. The molecule has 4 nitrogen and oxygen atoms in total. The Bertz CT molecular complexity index is 2550. The molecule has 0 bridgehead atoms. The smallest absolute Gasteiger partial charge is 0.143 e. The second-order valence-corrected chi connectivity index (χ2v) is 13.0. The van der Waals surface area contributed by atoms with E-state index in [1.54, 1.807) is 13.3 Å². The number of hydrogen-bond donors (Lipinski definition) is 0. The molecule has 0 aliphatic heterocycles. The predicted molar refractivity (Wildman–Crippen MR) is 216 cm³/mol. The Morgan fingerprint density at radius 2 is 1.63 bits per heavy atom. The van der Waals surface area contributed by atoms with E-state index in [4.69, 9.17) is 14.1 Å². The number of hydrogen-bond acceptors (Lipinski definition) is 4. The lowest BCUT2D eigenvalue weighted by Crippen LogP contribution is -1.99. The van der Waals surface area contributed by atoms with Crippen molar-refractivity contribution in [3.63, 3.8) is 0 Å². The maximum atomic E-state index is 6.55. The second-order valence-electron chi connectivity index (χ2n) is 13.0. The third kappa shape index (κ3) is 6.56. The fourth-order valence-electron chi connectivity index (χ4n) is 7.24. The normalized spacial score (nSPS) is 14.1. The highest BCUT2D eigenvalue weighted by Crippen LogP contribution is 2.45. The van der Waals surface area contributed by atoms with Crippen molar-refractivity contribution in [2.75, 3.05) is 7.11 Å². The number of allylic oxidation sites excluding steroid dienone is 5. The quantitative estimate of drug-likeness (QED) is 0.107. The number of nitrogens with zero attached hydrogens (tertiary/aromatic N) is 2. The fourth-order valence-corrected chi connectivity index (χ4v) is 7.24. The van der Waals surface area contributed by atoms with Gasteiger partial charge in [0.25, 0.3) is 0 Å². The van der Waals surface area contributed by atoms with E-state index in [2.05, 4.69) is 127 Å². The van der Waals surface area contributed by atoms with Crippen LogP contribution in [0.2, 0.25) is 0 Å². The van der Waals surface area contributed by atoms with Gasteiger partial charge >= 0.3 is 0 Å². The van der Waals surface area contributed by atoms with E-state index < -0.39 is 0 Å². The lowest BCUT2D eigenvalue weighted by atomic mass is 9.89. The summed E-state index contributed by atoms with van der Waals surface area (Å²) in [6, 6.07) is 38.3. The van der Waals surface area contributed by atoms with Crippen LogP contribution in [-0.4, -0.2) is 18.8 Å². The van der Waals surface area contributed by atoms with Crippen LogP contribution >= 0.6 is 0 Å². The van der Waals surface area contributed by atoms with E-state index in [0.29, 0.717) is 0 Å². The first-order valence-electron chi connectivity index (χ1n) is 17.7. The van der Waals surface area contributed by atoms with Gasteiger partial charge in [0.05, 0.1) is 12.8 Å². The van der Waals surface area contributed by atoms with Crippen LogP contribution in [0.4, 0.5) is 5.69 Å². The van der Waals surface area contributed by atoms with Gasteiger partial charge in [-0.05, 0) is 101 Å². The van der Waals surface area contributed by atoms with Crippen molar-refractivity contribution in [1.82, 2.24) is 4.98 Å². The first-order valence-corrected chi connectivity index (χ1v) is 17.7. The summed E-state index contributed by atoms with van der Waals surface area (Å²) in [5, 5.41) is 2.17. The lowest BCUT2D eigenvalue weighted by Gasteiger charge is -2.18. The van der Waals surface area contributed by atoms with Crippen molar-refractivity contribution in [2.45, 2.75) is 25.7 Å². The minimum atomic E-state index is 0.741. The van der Waals surface area contributed by atoms with E-state index in [1.807, 2.05) is 36.5 Å². The van der Waals surface area contributed by atoms with Gasteiger partial charge in [0.1, 0.15) is 16.9 Å². The highest BCUT2D eigenvalue weighted by Gasteiger charge is 2.20. The Hall–Kier alpha value is -6.48. The first-order chi connectivity index (χ1) is 25.7. The molecule has 0 fully saturated rings. The number of aryl methyl sites for hydroxylation is 2. The fraction of sp³-hybridized carbons (Fsp3) is 0.104. The summed E-state index contributed by atoms with van der Waals surface area (Å²) in [5.74, 6) is 0.863. The van der Waals surface area contributed by atoms with Crippen LogP contribution in [0, 0.1) is 0 Å². The van der Waals surface area contributed by atoms with Crippen LogP contribution in [0.3, 0.4) is 0 Å². The van der Waals surface area contributed by atoms with Gasteiger partial charge in [-0.2, -0.15) is 0 Å². The standard InChI is InChI=1S/C48H38N2O2/c1-49-46-36(27-24-33-22-25-35(26-23-33)38-16-12-28-50-32-38)30-39(31-44(46)43-20-11-19-42-41-17-8-9-21-45(41)52-48(42)43)40-18-10-15-37(47(40)51-2)29-34-13-6-4-3-5-7-14-34/h3-5,8-23,25-26,28,30-32H,1,6,24,27,29H2,2H3/b4-3-,34-13+. The number of para-hydroxylation sites is 3. The number of rotatable bonds is 10. The van der Waals surface area contributed by atoms with Crippen LogP contribution in [0.1, 0.15) is 23.1 Å². The average Bonchev–Trinajstić information content (AvgIpc) is 3.57. The molecular formula is C48H38N2O2. The third-order valence-corrected chi connectivity index (χ3v) is 9.79. The molecule has 1 aliphatic carbocycles. The largest absolute Gasteiger partial charge is 0.496 e. The monoisotopic (exact) mass is 674 g/mol. The number of benzene rings is 5. The first kappa shape index (κ1) is 32.7. The van der Waals surface area contributed by atoms with Crippen LogP contribution in [0.15, 0.2) is 173 Å². The highest BCUT2D eigenvalue weighted by atomic mass is 16.5. The number of aromatic nitrogens is 1. The molecule has 0 radical (unpaired) electrons. The summed E-state index contributed by atoms with van der Waals surface area (Å²) >= 11 is 0. The molecule has 8 rings (SSSR count). The van der Waals surface area contributed by atoms with Gasteiger partial charge in [-0.25, -0.2) is 0 Å². The van der Waals surface area contributed by atoms with Crippen LogP contribution in [0.25, 0.3) is 55.3 Å². The molecule has 1 aliphatic rings. The van der Waals surface area contributed by atoms with Gasteiger partial charge in [0, 0.05) is 46.3 Å². The molecule has 0 atom stereocenters. The molecule has 0 saturated carbocycles. The van der Waals surface area contributed by atoms with Crippen LogP contribution < -0.4 is 4.74 Å². The number of methoxy groups -OCH3 is 1. The SMILES string of the molecule is C=Nc1c(CCc2ccc(-c3cccnc3)cc2)cc(-c2cccc(C/C3=C/C/C=C\C=C=C3)c2OC)cc1-c1cccc2c1oc1ccccc12. The maximum Gasteiger partial charge on any atom is 0.143 e. The Kier molecular flexibility index (Phi) is 9.30. The zero-order valence-corrected chi connectivity index (χ0v) is 29.2. The van der Waals surface area contributed by atoms with Crippen LogP contribution in [0.5, 0.6) is 5.75 Å². The van der Waals surface area contributed by atoms with Crippen molar-refractivity contribution in [3.8, 4) is 39.1 Å². The minimum Gasteiger partial charge on any atom is -0.496 e. The van der Waals surface area contributed by atoms with Gasteiger partial charge < -0.3 is 9.15 Å². The van der Waals surface area contributed by atoms with Gasteiger partial charge in [0.2, 0.25) is 0 Å². The number of ether oxygens (including phenoxy) is 1. The molecule has 4 heteroatoms. The van der Waals surface area contributed by atoms with Crippen molar-refractivity contribution >= 4 is 34.3 Å². The zero-order chi connectivity index (χ0) is 35.3. The van der Waals surface area contributed by atoms with Crippen LogP contribution in [-0.2, 0) is 19.3 Å². The Labute approximate surface area is 304 Å². The lowest BCUT2D eigenvalue weighted by molar-refractivity contribution is 0.412. The third-order valence-electron chi connectivity index (χ3n) is 9.79. The second kappa shape index (κ2) is 14.8. The average molecular weight is 675 g/mol. The van der Waals surface area contributed by atoms with Crippen molar-refractivity contribution < 1.29 is 9.15 Å². The molecule has 0 unspecified atom stereocenters. The highest BCUT2D eigenvalue weighted by molar-refractivity contribution is 6.10. The summed E-state index contributed by atoms with van der Waals surface area (Å²) in [6.07, 6.45) is 17.4. The summed E-state index contributed by atoms with van der Waals surface area (Å²) in [4.78, 5) is 8.99. The Morgan fingerprint density at radius 1 is 0.788 bits per heavy atom. The predicted octanol–water partition coefficient (Wildman–Crippen LogP) is 12.2. The van der Waals surface area contributed by atoms with Gasteiger partial charge in [-0.1, -0.05) is 103 Å². The molecule has 0 amide bonds. The van der Waals surface area contributed by atoms with Crippen molar-refractivity contribution in [1.29, 1.82) is 0 Å². The summed E-state index contributed by atoms with van der Waals surface area (Å²) < 4.78 is 12.8. The molecule has 0 saturated heterocycles. The van der Waals surface area contributed by atoms with E-state index in [9.17, 15) is 0 Å². The molecule has 5 aromatic carbocycles. The van der Waals surface area contributed by atoms with E-state index in [0.717, 1.165) is 104 Å². The number of pyridine rings is 1.